The molecule has 0 saturated heterocycles. The van der Waals surface area contributed by atoms with Gasteiger partial charge in [-0.2, -0.15) is 0 Å². The first-order chi connectivity index (χ1) is 7.63. The molecule has 0 radical (unpaired) electrons. The molecule has 0 unspecified atom stereocenters. The Morgan fingerprint density at radius 1 is 1.38 bits per heavy atom. The number of hydrogen-bond donors (Lipinski definition) is 2. The SMILES string of the molecule is CNC(=O)CNCc1ccc([N+](=O)[O-])cc1. The zero-order chi connectivity index (χ0) is 12.0. The molecule has 0 bridgehead atoms. The van der Waals surface area contributed by atoms with E-state index in [0.717, 1.165) is 5.56 Å². The summed E-state index contributed by atoms with van der Waals surface area (Å²) in [5, 5.41) is 15.8. The molecule has 1 aromatic rings. The van der Waals surface area contributed by atoms with Gasteiger partial charge in [-0.25, -0.2) is 0 Å². The standard InChI is InChI=1S/C10H13N3O3/c1-11-10(14)7-12-6-8-2-4-9(5-3-8)13(15)16/h2-5,12H,6-7H2,1H3,(H,11,14). The molecule has 0 aromatic heterocycles. The van der Waals surface area contributed by atoms with Gasteiger partial charge in [0.1, 0.15) is 0 Å². The zero-order valence-electron chi connectivity index (χ0n) is 8.90. The second-order valence-corrected chi connectivity index (χ2v) is 3.20. The van der Waals surface area contributed by atoms with Gasteiger partial charge >= 0.3 is 0 Å². The van der Waals surface area contributed by atoms with Crippen LogP contribution in [-0.4, -0.2) is 24.4 Å². The van der Waals surface area contributed by atoms with Gasteiger partial charge < -0.3 is 10.6 Å². The predicted molar refractivity (Wildman–Crippen MR) is 58.9 cm³/mol. The fourth-order valence-electron chi connectivity index (χ4n) is 1.14. The third kappa shape index (κ3) is 3.66. The smallest absolute Gasteiger partial charge is 0.269 e. The molecule has 6 nitrogen and oxygen atoms in total. The van der Waals surface area contributed by atoms with Gasteiger partial charge in [-0.15, -0.1) is 0 Å². The lowest BCUT2D eigenvalue weighted by Gasteiger charge is -2.03. The highest BCUT2D eigenvalue weighted by Gasteiger charge is 2.03. The van der Waals surface area contributed by atoms with Crippen molar-refractivity contribution < 1.29 is 9.72 Å². The molecule has 1 aromatic carbocycles. The summed E-state index contributed by atoms with van der Waals surface area (Å²) in [5.74, 6) is -0.0955. The number of nitrogens with one attached hydrogen (secondary N) is 2. The molecule has 0 aliphatic rings. The Kier molecular flexibility index (Phi) is 4.41. The van der Waals surface area contributed by atoms with E-state index in [1.807, 2.05) is 0 Å². The Bertz CT molecular complexity index is 375. The highest BCUT2D eigenvalue weighted by molar-refractivity contribution is 5.77. The number of carbonyl (C=O) groups is 1. The predicted octanol–water partition coefficient (Wildman–Crippen LogP) is 0.430. The van der Waals surface area contributed by atoms with Crippen molar-refractivity contribution in [2.24, 2.45) is 0 Å². The van der Waals surface area contributed by atoms with Crippen LogP contribution in [0.15, 0.2) is 24.3 Å². The summed E-state index contributed by atoms with van der Waals surface area (Å²) < 4.78 is 0. The summed E-state index contributed by atoms with van der Waals surface area (Å²) in [7, 11) is 1.57. The van der Waals surface area contributed by atoms with Crippen LogP contribution in [0.2, 0.25) is 0 Å². The maximum Gasteiger partial charge on any atom is 0.269 e. The van der Waals surface area contributed by atoms with E-state index in [1.165, 1.54) is 12.1 Å². The number of likely N-dealkylation sites (N-methyl/N-ethyl adjacent to an activating group) is 1. The monoisotopic (exact) mass is 223 g/mol. The van der Waals surface area contributed by atoms with Crippen LogP contribution in [0.4, 0.5) is 5.69 Å². The van der Waals surface area contributed by atoms with Crippen LogP contribution in [0.25, 0.3) is 0 Å². The van der Waals surface area contributed by atoms with Gasteiger partial charge in [0.2, 0.25) is 5.91 Å². The minimum atomic E-state index is -0.443. The molecule has 0 atom stereocenters. The van der Waals surface area contributed by atoms with Crippen LogP contribution in [0.5, 0.6) is 0 Å². The third-order valence-corrected chi connectivity index (χ3v) is 2.04. The summed E-state index contributed by atoms with van der Waals surface area (Å²) >= 11 is 0. The molecular formula is C10H13N3O3. The number of carbonyl (C=O) groups excluding carboxylic acids is 1. The highest BCUT2D eigenvalue weighted by atomic mass is 16.6. The van der Waals surface area contributed by atoms with Crippen molar-refractivity contribution in [1.82, 2.24) is 10.6 Å². The van der Waals surface area contributed by atoms with Gasteiger partial charge in [0.25, 0.3) is 5.69 Å². The first-order valence-electron chi connectivity index (χ1n) is 4.78. The number of nitrogens with zero attached hydrogens (tertiary/aromatic N) is 1. The molecule has 0 spiro atoms. The maximum absolute atomic E-state index is 10.9. The molecule has 0 fully saturated rings. The number of nitro groups is 1. The average Bonchev–Trinajstić information content (AvgIpc) is 2.29. The Hall–Kier alpha value is -1.95. The first kappa shape index (κ1) is 12.1. The summed E-state index contributed by atoms with van der Waals surface area (Å²) in [6, 6.07) is 6.21. The lowest BCUT2D eigenvalue weighted by atomic mass is 10.2. The van der Waals surface area contributed by atoms with E-state index < -0.39 is 4.92 Å². The number of rotatable bonds is 5. The summed E-state index contributed by atoms with van der Waals surface area (Å²) in [4.78, 5) is 20.8. The summed E-state index contributed by atoms with van der Waals surface area (Å²) in [6.07, 6.45) is 0. The van der Waals surface area contributed by atoms with Crippen LogP contribution < -0.4 is 10.6 Å². The Morgan fingerprint density at radius 3 is 2.50 bits per heavy atom. The van der Waals surface area contributed by atoms with Gasteiger partial charge in [-0.05, 0) is 5.56 Å². The van der Waals surface area contributed by atoms with Crippen molar-refractivity contribution in [2.45, 2.75) is 6.54 Å². The number of non-ortho nitro benzene ring substituents is 1. The van der Waals surface area contributed by atoms with Crippen LogP contribution in [-0.2, 0) is 11.3 Å². The van der Waals surface area contributed by atoms with Gasteiger partial charge in [-0.3, -0.25) is 14.9 Å². The molecule has 1 rings (SSSR count). The van der Waals surface area contributed by atoms with Crippen molar-refractivity contribution >= 4 is 11.6 Å². The molecular weight excluding hydrogens is 210 g/mol. The molecule has 1 amide bonds. The van der Waals surface area contributed by atoms with Crippen molar-refractivity contribution in [3.63, 3.8) is 0 Å². The molecule has 0 aliphatic heterocycles. The van der Waals surface area contributed by atoms with Crippen molar-refractivity contribution in [3.8, 4) is 0 Å². The molecule has 2 N–H and O–H groups in total. The van der Waals surface area contributed by atoms with Crippen LogP contribution in [0.1, 0.15) is 5.56 Å². The largest absolute Gasteiger partial charge is 0.358 e. The molecule has 86 valence electrons. The molecule has 16 heavy (non-hydrogen) atoms. The van der Waals surface area contributed by atoms with E-state index in [-0.39, 0.29) is 18.1 Å². The highest BCUT2D eigenvalue weighted by Crippen LogP contribution is 2.11. The Balaban J connectivity index is 2.43. The first-order valence-corrected chi connectivity index (χ1v) is 4.78. The fourth-order valence-corrected chi connectivity index (χ4v) is 1.14. The lowest BCUT2D eigenvalue weighted by molar-refractivity contribution is -0.384. The number of amides is 1. The molecule has 6 heteroatoms. The van der Waals surface area contributed by atoms with Crippen molar-refractivity contribution in [2.75, 3.05) is 13.6 Å². The number of hydrogen-bond acceptors (Lipinski definition) is 4. The Labute approximate surface area is 92.8 Å². The van der Waals surface area contributed by atoms with E-state index in [9.17, 15) is 14.9 Å². The molecule has 0 saturated carbocycles. The van der Waals surface area contributed by atoms with E-state index in [0.29, 0.717) is 6.54 Å². The van der Waals surface area contributed by atoms with E-state index in [1.54, 1.807) is 19.2 Å². The normalized spacial score (nSPS) is 9.81. The quantitative estimate of drug-likeness (QED) is 0.560. The van der Waals surface area contributed by atoms with Gasteiger partial charge in [-0.1, -0.05) is 12.1 Å². The van der Waals surface area contributed by atoms with Crippen LogP contribution in [0.3, 0.4) is 0 Å². The minimum absolute atomic E-state index is 0.0649. The average molecular weight is 223 g/mol. The van der Waals surface area contributed by atoms with Crippen LogP contribution in [0, 0.1) is 10.1 Å². The van der Waals surface area contributed by atoms with Crippen molar-refractivity contribution in [3.05, 3.63) is 39.9 Å². The van der Waals surface area contributed by atoms with Gasteiger partial charge in [0, 0.05) is 25.7 Å². The van der Waals surface area contributed by atoms with Crippen molar-refractivity contribution in [1.29, 1.82) is 0 Å². The van der Waals surface area contributed by atoms with Gasteiger partial charge in [0.05, 0.1) is 11.5 Å². The number of benzene rings is 1. The molecule has 0 aliphatic carbocycles. The Morgan fingerprint density at radius 2 is 2.00 bits per heavy atom. The minimum Gasteiger partial charge on any atom is -0.358 e. The topological polar surface area (TPSA) is 84.3 Å². The second kappa shape index (κ2) is 5.82. The zero-order valence-corrected chi connectivity index (χ0v) is 8.90. The van der Waals surface area contributed by atoms with Crippen LogP contribution >= 0.6 is 0 Å². The van der Waals surface area contributed by atoms with Gasteiger partial charge in [0.15, 0.2) is 0 Å². The number of nitro benzene ring substituents is 1. The van der Waals surface area contributed by atoms with E-state index >= 15 is 0 Å². The second-order valence-electron chi connectivity index (χ2n) is 3.20. The third-order valence-electron chi connectivity index (χ3n) is 2.04. The summed E-state index contributed by atoms with van der Waals surface area (Å²) in [5.41, 5.74) is 0.963. The molecule has 0 heterocycles. The van der Waals surface area contributed by atoms with E-state index in [2.05, 4.69) is 10.6 Å². The maximum atomic E-state index is 10.9. The van der Waals surface area contributed by atoms with E-state index in [4.69, 9.17) is 0 Å². The summed E-state index contributed by atoms with van der Waals surface area (Å²) in [6.45, 7) is 0.735. The lowest BCUT2D eigenvalue weighted by Crippen LogP contribution is -2.30. The fraction of sp³-hybridized carbons (Fsp3) is 0.300.